The lowest BCUT2D eigenvalue weighted by atomic mass is 9.92. The fourth-order valence-electron chi connectivity index (χ4n) is 2.50. The second kappa shape index (κ2) is 7.15. The molecule has 5 nitrogen and oxygen atoms in total. The van der Waals surface area contributed by atoms with Gasteiger partial charge in [-0.25, -0.2) is 4.98 Å². The molecule has 0 aromatic carbocycles. The zero-order valence-corrected chi connectivity index (χ0v) is 13.3. The molecule has 110 valence electrons. The summed E-state index contributed by atoms with van der Waals surface area (Å²) >= 11 is 3.32. The lowest BCUT2D eigenvalue weighted by Gasteiger charge is -2.34. The molecule has 2 heterocycles. The van der Waals surface area contributed by atoms with E-state index in [1.54, 1.807) is 12.3 Å². The highest BCUT2D eigenvalue weighted by molar-refractivity contribution is 9.10. The number of carbonyl (C=O) groups excluding carboxylic acids is 1. The molecule has 0 spiro atoms. The minimum Gasteiger partial charge on any atom is -0.328 e. The predicted molar refractivity (Wildman–Crippen MR) is 83.4 cm³/mol. The summed E-state index contributed by atoms with van der Waals surface area (Å²) in [5.74, 6) is 1.05. The van der Waals surface area contributed by atoms with E-state index >= 15 is 0 Å². The minimum absolute atomic E-state index is 0.0230. The third-order valence-electron chi connectivity index (χ3n) is 3.65. The van der Waals surface area contributed by atoms with Crippen LogP contribution in [-0.2, 0) is 4.79 Å². The van der Waals surface area contributed by atoms with Gasteiger partial charge in [0.05, 0.1) is 6.54 Å². The number of rotatable bonds is 4. The highest BCUT2D eigenvalue weighted by Crippen LogP contribution is 2.18. The Bertz CT molecular complexity index is 449. The molecular formula is C14H21BrN4O. The lowest BCUT2D eigenvalue weighted by Crippen LogP contribution is -2.45. The largest absolute Gasteiger partial charge is 0.328 e. The average molecular weight is 341 g/mol. The summed E-state index contributed by atoms with van der Waals surface area (Å²) in [4.78, 5) is 18.3. The summed E-state index contributed by atoms with van der Waals surface area (Å²) < 4.78 is 0.895. The summed E-state index contributed by atoms with van der Waals surface area (Å²) in [6.45, 7) is 4.31. The van der Waals surface area contributed by atoms with Crippen LogP contribution >= 0.6 is 15.9 Å². The Morgan fingerprint density at radius 3 is 3.10 bits per heavy atom. The second-order valence-corrected chi connectivity index (χ2v) is 6.32. The van der Waals surface area contributed by atoms with Gasteiger partial charge >= 0.3 is 0 Å². The number of piperidine rings is 1. The third-order valence-corrected chi connectivity index (χ3v) is 4.12. The summed E-state index contributed by atoms with van der Waals surface area (Å²) in [6, 6.07) is 3.83. The number of pyridine rings is 1. The first-order valence-electron chi connectivity index (χ1n) is 6.94. The molecule has 2 rings (SSSR count). The van der Waals surface area contributed by atoms with Crippen molar-refractivity contribution in [2.24, 2.45) is 11.7 Å². The molecule has 1 aliphatic rings. The van der Waals surface area contributed by atoms with Gasteiger partial charge in [0.15, 0.2) is 0 Å². The van der Waals surface area contributed by atoms with Crippen molar-refractivity contribution in [1.82, 2.24) is 9.88 Å². The smallest absolute Gasteiger partial charge is 0.239 e. The van der Waals surface area contributed by atoms with E-state index < -0.39 is 0 Å². The van der Waals surface area contributed by atoms with Crippen LogP contribution in [0.4, 0.5) is 5.82 Å². The van der Waals surface area contributed by atoms with Gasteiger partial charge < -0.3 is 11.1 Å². The molecule has 0 saturated carbocycles. The number of nitrogens with two attached hydrogens (primary N) is 1. The number of hydrogen-bond donors (Lipinski definition) is 2. The summed E-state index contributed by atoms with van der Waals surface area (Å²) in [5, 5.41) is 2.82. The van der Waals surface area contributed by atoms with Gasteiger partial charge in [-0.2, -0.15) is 0 Å². The van der Waals surface area contributed by atoms with E-state index in [9.17, 15) is 4.79 Å². The summed E-state index contributed by atoms with van der Waals surface area (Å²) in [7, 11) is 0. The fourth-order valence-corrected chi connectivity index (χ4v) is 2.73. The molecule has 1 aliphatic heterocycles. The highest BCUT2D eigenvalue weighted by atomic mass is 79.9. The van der Waals surface area contributed by atoms with E-state index in [1.807, 2.05) is 13.0 Å². The van der Waals surface area contributed by atoms with E-state index in [4.69, 9.17) is 5.73 Å². The first-order valence-corrected chi connectivity index (χ1v) is 7.73. The van der Waals surface area contributed by atoms with Crippen LogP contribution in [0, 0.1) is 5.92 Å². The maximum atomic E-state index is 12.0. The quantitative estimate of drug-likeness (QED) is 0.877. The predicted octanol–water partition coefficient (Wildman–Crippen LogP) is 1.84. The Labute approximate surface area is 128 Å². The number of carbonyl (C=O) groups is 1. The van der Waals surface area contributed by atoms with Crippen LogP contribution in [0.2, 0.25) is 0 Å². The summed E-state index contributed by atoms with van der Waals surface area (Å²) in [6.07, 6.45) is 3.93. The van der Waals surface area contributed by atoms with Gasteiger partial charge in [0.2, 0.25) is 5.91 Å². The van der Waals surface area contributed by atoms with Gasteiger partial charge in [-0.05, 0) is 60.3 Å². The Morgan fingerprint density at radius 1 is 1.65 bits per heavy atom. The monoisotopic (exact) mass is 340 g/mol. The Hall–Kier alpha value is -0.980. The van der Waals surface area contributed by atoms with Crippen LogP contribution in [0.25, 0.3) is 0 Å². The number of hydrogen-bond acceptors (Lipinski definition) is 4. The van der Waals surface area contributed by atoms with Gasteiger partial charge in [-0.1, -0.05) is 0 Å². The van der Waals surface area contributed by atoms with E-state index in [2.05, 4.69) is 31.1 Å². The fraction of sp³-hybridized carbons (Fsp3) is 0.571. The van der Waals surface area contributed by atoms with Crippen molar-refractivity contribution in [1.29, 1.82) is 0 Å². The van der Waals surface area contributed by atoms with Crippen molar-refractivity contribution in [2.75, 3.05) is 25.0 Å². The molecule has 1 aromatic heterocycles. The second-order valence-electron chi connectivity index (χ2n) is 5.41. The normalized spacial score (nSPS) is 21.4. The Balaban J connectivity index is 1.83. The average Bonchev–Trinajstić information content (AvgIpc) is 2.41. The van der Waals surface area contributed by atoms with Crippen LogP contribution in [0.15, 0.2) is 22.8 Å². The molecule has 1 amide bonds. The number of nitrogens with zero attached hydrogens (tertiary/aromatic N) is 2. The van der Waals surface area contributed by atoms with E-state index in [0.29, 0.717) is 18.3 Å². The van der Waals surface area contributed by atoms with Crippen molar-refractivity contribution in [3.05, 3.63) is 22.8 Å². The van der Waals surface area contributed by atoms with Crippen molar-refractivity contribution >= 4 is 27.7 Å². The van der Waals surface area contributed by atoms with Crippen LogP contribution in [0.1, 0.15) is 19.8 Å². The van der Waals surface area contributed by atoms with Gasteiger partial charge in [0, 0.05) is 23.3 Å². The van der Waals surface area contributed by atoms with Gasteiger partial charge in [0.1, 0.15) is 5.82 Å². The SMILES string of the molecule is CC(N)C1CCCN(CC(=O)Nc2ccc(Br)cn2)C1. The van der Waals surface area contributed by atoms with E-state index in [-0.39, 0.29) is 11.9 Å². The molecular weight excluding hydrogens is 320 g/mol. The number of aromatic nitrogens is 1. The van der Waals surface area contributed by atoms with E-state index in [1.165, 1.54) is 0 Å². The zero-order valence-electron chi connectivity index (χ0n) is 11.7. The van der Waals surface area contributed by atoms with Crippen LogP contribution in [0.3, 0.4) is 0 Å². The van der Waals surface area contributed by atoms with Gasteiger partial charge in [-0.15, -0.1) is 0 Å². The molecule has 2 atom stereocenters. The third kappa shape index (κ3) is 4.54. The number of halogens is 1. The van der Waals surface area contributed by atoms with Crippen LogP contribution < -0.4 is 11.1 Å². The molecule has 0 aliphatic carbocycles. The number of nitrogens with one attached hydrogen (secondary N) is 1. The molecule has 1 fully saturated rings. The molecule has 6 heteroatoms. The summed E-state index contributed by atoms with van der Waals surface area (Å²) in [5.41, 5.74) is 5.96. The Kier molecular flexibility index (Phi) is 5.51. The topological polar surface area (TPSA) is 71.2 Å². The molecule has 2 unspecified atom stereocenters. The molecule has 1 saturated heterocycles. The molecule has 0 bridgehead atoms. The lowest BCUT2D eigenvalue weighted by molar-refractivity contribution is -0.117. The Morgan fingerprint density at radius 2 is 2.45 bits per heavy atom. The number of amides is 1. The molecule has 20 heavy (non-hydrogen) atoms. The van der Waals surface area contributed by atoms with Crippen LogP contribution in [-0.4, -0.2) is 41.5 Å². The number of likely N-dealkylation sites (tertiary alicyclic amines) is 1. The maximum absolute atomic E-state index is 12.0. The molecule has 1 aromatic rings. The molecule has 3 N–H and O–H groups in total. The van der Waals surface area contributed by atoms with Gasteiger partial charge in [-0.3, -0.25) is 9.69 Å². The van der Waals surface area contributed by atoms with Crippen molar-refractivity contribution in [3.8, 4) is 0 Å². The zero-order chi connectivity index (χ0) is 14.5. The highest BCUT2D eigenvalue weighted by Gasteiger charge is 2.23. The van der Waals surface area contributed by atoms with Crippen molar-refractivity contribution in [3.63, 3.8) is 0 Å². The molecule has 0 radical (unpaired) electrons. The number of anilines is 1. The van der Waals surface area contributed by atoms with Crippen molar-refractivity contribution in [2.45, 2.75) is 25.8 Å². The maximum Gasteiger partial charge on any atom is 0.239 e. The standard InChI is InChI=1S/C14H21BrN4O/c1-10(16)11-3-2-6-19(8-11)9-14(20)18-13-5-4-12(15)7-17-13/h4-5,7,10-11H,2-3,6,8-9,16H2,1H3,(H,17,18,20). The minimum atomic E-state index is -0.0230. The van der Waals surface area contributed by atoms with Crippen LogP contribution in [0.5, 0.6) is 0 Å². The first-order chi connectivity index (χ1) is 9.54. The van der Waals surface area contributed by atoms with Crippen molar-refractivity contribution < 1.29 is 4.79 Å². The first kappa shape index (κ1) is 15.4. The van der Waals surface area contributed by atoms with E-state index in [0.717, 1.165) is 30.4 Å². The van der Waals surface area contributed by atoms with Gasteiger partial charge in [0.25, 0.3) is 0 Å².